The van der Waals surface area contributed by atoms with Crippen LogP contribution in [-0.2, 0) is 0 Å². The molecule has 4 rings (SSSR count). The van der Waals surface area contributed by atoms with Gasteiger partial charge >= 0.3 is 0 Å². The van der Waals surface area contributed by atoms with Gasteiger partial charge in [-0.25, -0.2) is 0 Å². The van der Waals surface area contributed by atoms with Crippen molar-refractivity contribution in [3.63, 3.8) is 0 Å². The van der Waals surface area contributed by atoms with Crippen molar-refractivity contribution in [3.8, 4) is 0 Å². The highest BCUT2D eigenvalue weighted by atomic mass is 16.2. The summed E-state index contributed by atoms with van der Waals surface area (Å²) in [6.45, 7) is 0. The van der Waals surface area contributed by atoms with Crippen LogP contribution in [0.2, 0.25) is 0 Å². The summed E-state index contributed by atoms with van der Waals surface area (Å²) in [6, 6.07) is 24.2. The number of nitrogens with one attached hydrogen (secondary N) is 2. The van der Waals surface area contributed by atoms with Gasteiger partial charge in [-0.15, -0.1) is 0 Å². The first-order valence-electron chi connectivity index (χ1n) is 10.6. The highest BCUT2D eigenvalue weighted by Gasteiger charge is 2.15. The van der Waals surface area contributed by atoms with Crippen molar-refractivity contribution >= 4 is 23.2 Å². The third-order valence-electron chi connectivity index (χ3n) is 5.66. The highest BCUT2D eigenvalue weighted by molar-refractivity contribution is 6.07. The van der Waals surface area contributed by atoms with Crippen LogP contribution >= 0.6 is 0 Å². The van der Waals surface area contributed by atoms with Crippen LogP contribution < -0.4 is 10.6 Å². The molecular formula is C26H26N2O2. The molecule has 0 spiro atoms. The number of amides is 2. The molecule has 4 nitrogen and oxygen atoms in total. The van der Waals surface area contributed by atoms with Crippen LogP contribution in [0.15, 0.2) is 78.9 Å². The summed E-state index contributed by atoms with van der Waals surface area (Å²) in [6.07, 6.45) is 6.47. The average molecular weight is 399 g/mol. The van der Waals surface area contributed by atoms with E-state index in [0.717, 1.165) is 5.69 Å². The Labute approximate surface area is 177 Å². The Hall–Kier alpha value is -3.40. The summed E-state index contributed by atoms with van der Waals surface area (Å²) in [5.74, 6) is 0.246. The monoisotopic (exact) mass is 398 g/mol. The van der Waals surface area contributed by atoms with E-state index in [-0.39, 0.29) is 11.8 Å². The Morgan fingerprint density at radius 3 is 2.00 bits per heavy atom. The molecule has 0 unspecified atom stereocenters. The summed E-state index contributed by atoms with van der Waals surface area (Å²) in [4.78, 5) is 25.0. The van der Waals surface area contributed by atoms with Gasteiger partial charge < -0.3 is 10.6 Å². The molecule has 3 aromatic carbocycles. The van der Waals surface area contributed by atoms with Crippen LogP contribution in [0.1, 0.15) is 64.3 Å². The molecule has 1 saturated carbocycles. The fourth-order valence-electron chi connectivity index (χ4n) is 4.01. The van der Waals surface area contributed by atoms with Crippen molar-refractivity contribution < 1.29 is 9.59 Å². The molecule has 2 N–H and O–H groups in total. The van der Waals surface area contributed by atoms with E-state index >= 15 is 0 Å². The minimum atomic E-state index is -0.202. The van der Waals surface area contributed by atoms with E-state index in [4.69, 9.17) is 0 Å². The van der Waals surface area contributed by atoms with Crippen molar-refractivity contribution in [1.82, 2.24) is 0 Å². The lowest BCUT2D eigenvalue weighted by Gasteiger charge is -2.22. The van der Waals surface area contributed by atoms with E-state index in [1.807, 2.05) is 30.3 Å². The molecule has 1 aliphatic rings. The van der Waals surface area contributed by atoms with Crippen molar-refractivity contribution in [1.29, 1.82) is 0 Å². The zero-order valence-electron chi connectivity index (χ0n) is 16.9. The number of rotatable bonds is 5. The maximum absolute atomic E-state index is 12.7. The summed E-state index contributed by atoms with van der Waals surface area (Å²) in [7, 11) is 0. The molecule has 0 heterocycles. The van der Waals surface area contributed by atoms with Gasteiger partial charge in [-0.2, -0.15) is 0 Å². The van der Waals surface area contributed by atoms with E-state index in [9.17, 15) is 9.59 Å². The summed E-state index contributed by atoms with van der Waals surface area (Å²) < 4.78 is 0. The van der Waals surface area contributed by atoms with Crippen LogP contribution in [0, 0.1) is 0 Å². The summed E-state index contributed by atoms with van der Waals surface area (Å²) in [5, 5.41) is 5.79. The van der Waals surface area contributed by atoms with Gasteiger partial charge in [-0.1, -0.05) is 55.7 Å². The normalized spacial score (nSPS) is 14.1. The van der Waals surface area contributed by atoms with Gasteiger partial charge in [0.2, 0.25) is 0 Å². The first kappa shape index (κ1) is 19.9. The number of hydrogen-bond donors (Lipinski definition) is 2. The topological polar surface area (TPSA) is 58.2 Å². The van der Waals surface area contributed by atoms with Gasteiger partial charge in [0.15, 0.2) is 0 Å². The molecule has 0 radical (unpaired) electrons. The van der Waals surface area contributed by atoms with Crippen molar-refractivity contribution in [2.45, 2.75) is 38.0 Å². The Balaban J connectivity index is 1.40. The maximum Gasteiger partial charge on any atom is 0.255 e. The number of anilines is 2. The fourth-order valence-corrected chi connectivity index (χ4v) is 4.01. The summed E-state index contributed by atoms with van der Waals surface area (Å²) >= 11 is 0. The van der Waals surface area contributed by atoms with E-state index in [1.165, 1.54) is 37.7 Å². The first-order chi connectivity index (χ1) is 14.7. The predicted octanol–water partition coefficient (Wildman–Crippen LogP) is 6.24. The molecule has 1 fully saturated rings. The Bertz CT molecular complexity index is 1010. The van der Waals surface area contributed by atoms with Gasteiger partial charge in [-0.05, 0) is 66.8 Å². The maximum atomic E-state index is 12.7. The molecule has 4 heteroatoms. The molecular weight excluding hydrogens is 372 g/mol. The molecule has 30 heavy (non-hydrogen) atoms. The fraction of sp³-hybridized carbons (Fsp3) is 0.231. The van der Waals surface area contributed by atoms with Crippen LogP contribution in [0.25, 0.3) is 0 Å². The van der Waals surface area contributed by atoms with Gasteiger partial charge in [0.25, 0.3) is 11.8 Å². The largest absolute Gasteiger partial charge is 0.322 e. The molecule has 0 atom stereocenters. The summed E-state index contributed by atoms with van der Waals surface area (Å²) in [5.41, 5.74) is 3.79. The highest BCUT2D eigenvalue weighted by Crippen LogP contribution is 2.33. The SMILES string of the molecule is O=C(Nc1cccc(C(=O)Nc2ccc(C3CCCCC3)cc2)c1)c1ccccc1. The zero-order valence-corrected chi connectivity index (χ0v) is 16.9. The van der Waals surface area contributed by atoms with E-state index in [2.05, 4.69) is 22.8 Å². The van der Waals surface area contributed by atoms with Gasteiger partial charge in [0, 0.05) is 22.5 Å². The van der Waals surface area contributed by atoms with Crippen LogP contribution in [0.4, 0.5) is 11.4 Å². The van der Waals surface area contributed by atoms with E-state index in [0.29, 0.717) is 22.7 Å². The molecule has 1 aliphatic carbocycles. The quantitative estimate of drug-likeness (QED) is 0.534. The third kappa shape index (κ3) is 4.95. The standard InChI is InChI=1S/C26H26N2O2/c29-25(21-10-5-2-6-11-21)28-24-13-7-12-22(18-24)26(30)27-23-16-14-20(15-17-23)19-8-3-1-4-9-19/h2,5-7,10-19H,1,3-4,8-9H2,(H,27,30)(H,28,29). The van der Waals surface area contributed by atoms with E-state index in [1.54, 1.807) is 36.4 Å². The minimum Gasteiger partial charge on any atom is -0.322 e. The van der Waals surface area contributed by atoms with Crippen LogP contribution in [0.3, 0.4) is 0 Å². The molecule has 0 aliphatic heterocycles. The second-order valence-electron chi connectivity index (χ2n) is 7.81. The lowest BCUT2D eigenvalue weighted by atomic mass is 9.84. The molecule has 3 aromatic rings. The predicted molar refractivity (Wildman–Crippen MR) is 121 cm³/mol. The van der Waals surface area contributed by atoms with Gasteiger partial charge in [-0.3, -0.25) is 9.59 Å². The molecule has 2 amide bonds. The van der Waals surface area contributed by atoms with Crippen molar-refractivity contribution in [2.75, 3.05) is 10.6 Å². The lowest BCUT2D eigenvalue weighted by molar-refractivity contribution is 0.101. The van der Waals surface area contributed by atoms with Crippen LogP contribution in [-0.4, -0.2) is 11.8 Å². The molecule has 0 saturated heterocycles. The number of carbonyl (C=O) groups excluding carboxylic acids is 2. The Morgan fingerprint density at radius 1 is 0.633 bits per heavy atom. The minimum absolute atomic E-state index is 0.198. The Kier molecular flexibility index (Phi) is 6.23. The lowest BCUT2D eigenvalue weighted by Crippen LogP contribution is -2.14. The van der Waals surface area contributed by atoms with Crippen molar-refractivity contribution in [3.05, 3.63) is 95.6 Å². The van der Waals surface area contributed by atoms with Crippen molar-refractivity contribution in [2.24, 2.45) is 0 Å². The number of benzene rings is 3. The molecule has 0 aromatic heterocycles. The zero-order chi connectivity index (χ0) is 20.8. The molecule has 152 valence electrons. The van der Waals surface area contributed by atoms with Crippen LogP contribution in [0.5, 0.6) is 0 Å². The van der Waals surface area contributed by atoms with Gasteiger partial charge in [0.1, 0.15) is 0 Å². The van der Waals surface area contributed by atoms with E-state index < -0.39 is 0 Å². The smallest absolute Gasteiger partial charge is 0.255 e. The second-order valence-corrected chi connectivity index (χ2v) is 7.81. The second kappa shape index (κ2) is 9.40. The van der Waals surface area contributed by atoms with Gasteiger partial charge in [0.05, 0.1) is 0 Å². The Morgan fingerprint density at radius 2 is 1.27 bits per heavy atom. The first-order valence-corrected chi connectivity index (χ1v) is 10.6. The average Bonchev–Trinajstić information content (AvgIpc) is 2.81. The number of hydrogen-bond acceptors (Lipinski definition) is 2. The molecule has 0 bridgehead atoms. The number of carbonyl (C=O) groups is 2. The third-order valence-corrected chi connectivity index (χ3v) is 5.66.